The van der Waals surface area contributed by atoms with Crippen molar-refractivity contribution in [3.05, 3.63) is 35.6 Å². The summed E-state index contributed by atoms with van der Waals surface area (Å²) >= 11 is 2.04. The standard InChI is InChI=1S/C17H27FN2S/c1-16(2)7-8-20(9-10-21-16)17(3,13-19)12-14-5-4-6-15(18)11-14/h4-6,11H,7-10,12-13,19H2,1-3H3. The van der Waals surface area contributed by atoms with Crippen LogP contribution in [0.15, 0.2) is 24.3 Å². The van der Waals surface area contributed by atoms with Crippen LogP contribution in [0, 0.1) is 5.82 Å². The van der Waals surface area contributed by atoms with E-state index < -0.39 is 0 Å². The lowest BCUT2D eigenvalue weighted by molar-refractivity contribution is 0.116. The van der Waals surface area contributed by atoms with Crippen molar-refractivity contribution in [3.63, 3.8) is 0 Å². The summed E-state index contributed by atoms with van der Waals surface area (Å²) < 4.78 is 13.7. The van der Waals surface area contributed by atoms with Gasteiger partial charge in [-0.05, 0) is 37.5 Å². The second-order valence-corrected chi connectivity index (χ2v) is 8.66. The van der Waals surface area contributed by atoms with Crippen LogP contribution in [0.2, 0.25) is 0 Å². The van der Waals surface area contributed by atoms with Crippen LogP contribution in [0.25, 0.3) is 0 Å². The van der Waals surface area contributed by atoms with Gasteiger partial charge in [-0.3, -0.25) is 4.90 Å². The largest absolute Gasteiger partial charge is 0.329 e. The van der Waals surface area contributed by atoms with Crippen LogP contribution in [-0.4, -0.2) is 40.6 Å². The summed E-state index contributed by atoms with van der Waals surface area (Å²) in [5.41, 5.74) is 7.02. The van der Waals surface area contributed by atoms with Gasteiger partial charge in [0.05, 0.1) is 0 Å². The summed E-state index contributed by atoms with van der Waals surface area (Å²) in [5.74, 6) is 0.963. The predicted octanol–water partition coefficient (Wildman–Crippen LogP) is 3.30. The highest BCUT2D eigenvalue weighted by Crippen LogP contribution is 2.33. The zero-order chi connectivity index (χ0) is 15.5. The van der Waals surface area contributed by atoms with E-state index in [4.69, 9.17) is 5.73 Å². The molecule has 1 fully saturated rings. The summed E-state index contributed by atoms with van der Waals surface area (Å²) in [5, 5.41) is 0. The molecule has 0 aromatic heterocycles. The van der Waals surface area contributed by atoms with Crippen molar-refractivity contribution in [2.75, 3.05) is 25.4 Å². The molecule has 1 aromatic rings. The van der Waals surface area contributed by atoms with E-state index in [-0.39, 0.29) is 11.4 Å². The van der Waals surface area contributed by atoms with Gasteiger partial charge in [-0.2, -0.15) is 11.8 Å². The Hall–Kier alpha value is -0.580. The van der Waals surface area contributed by atoms with E-state index in [1.165, 1.54) is 6.07 Å². The Kier molecular flexibility index (Phi) is 5.33. The molecule has 0 bridgehead atoms. The monoisotopic (exact) mass is 310 g/mol. The van der Waals surface area contributed by atoms with Crippen molar-refractivity contribution >= 4 is 11.8 Å². The van der Waals surface area contributed by atoms with Gasteiger partial charge in [0.15, 0.2) is 0 Å². The molecule has 0 saturated carbocycles. The first-order valence-corrected chi connectivity index (χ1v) is 8.67. The Morgan fingerprint density at radius 1 is 1.38 bits per heavy atom. The van der Waals surface area contributed by atoms with Crippen molar-refractivity contribution < 1.29 is 4.39 Å². The molecular formula is C17H27FN2S. The molecule has 1 aliphatic rings. The van der Waals surface area contributed by atoms with Crippen molar-refractivity contribution in [1.82, 2.24) is 4.90 Å². The van der Waals surface area contributed by atoms with E-state index in [9.17, 15) is 4.39 Å². The molecule has 0 radical (unpaired) electrons. The molecule has 0 aliphatic carbocycles. The topological polar surface area (TPSA) is 29.3 Å². The fourth-order valence-corrected chi connectivity index (χ4v) is 4.06. The first-order valence-electron chi connectivity index (χ1n) is 7.68. The van der Waals surface area contributed by atoms with Crippen LogP contribution >= 0.6 is 11.8 Å². The average Bonchev–Trinajstić information content (AvgIpc) is 2.60. The highest BCUT2D eigenvalue weighted by atomic mass is 32.2. The van der Waals surface area contributed by atoms with Crippen LogP contribution in [0.3, 0.4) is 0 Å². The molecule has 2 nitrogen and oxygen atoms in total. The maximum absolute atomic E-state index is 13.4. The van der Waals surface area contributed by atoms with Crippen LogP contribution in [0.1, 0.15) is 32.8 Å². The number of hydrogen-bond acceptors (Lipinski definition) is 3. The third kappa shape index (κ3) is 4.44. The molecule has 2 rings (SSSR count). The highest BCUT2D eigenvalue weighted by molar-refractivity contribution is 8.00. The lowest BCUT2D eigenvalue weighted by Crippen LogP contribution is -2.54. The van der Waals surface area contributed by atoms with Gasteiger partial charge in [-0.25, -0.2) is 4.39 Å². The third-order valence-electron chi connectivity index (χ3n) is 4.51. The first-order chi connectivity index (χ1) is 9.85. The second kappa shape index (κ2) is 6.67. The number of halogens is 1. The van der Waals surface area contributed by atoms with Gasteiger partial charge in [0.25, 0.3) is 0 Å². The van der Waals surface area contributed by atoms with Crippen molar-refractivity contribution in [1.29, 1.82) is 0 Å². The molecule has 1 heterocycles. The molecule has 1 atom stereocenters. The highest BCUT2D eigenvalue weighted by Gasteiger charge is 2.34. The minimum atomic E-state index is -0.167. The molecule has 4 heteroatoms. The van der Waals surface area contributed by atoms with Crippen LogP contribution < -0.4 is 5.73 Å². The van der Waals surface area contributed by atoms with E-state index in [0.717, 1.165) is 37.2 Å². The lowest BCUT2D eigenvalue weighted by Gasteiger charge is -2.40. The number of thioether (sulfide) groups is 1. The van der Waals surface area contributed by atoms with Crippen LogP contribution in [0.4, 0.5) is 4.39 Å². The van der Waals surface area contributed by atoms with Crippen LogP contribution in [0.5, 0.6) is 0 Å². The zero-order valence-electron chi connectivity index (χ0n) is 13.4. The maximum atomic E-state index is 13.4. The van der Waals surface area contributed by atoms with Crippen molar-refractivity contribution in [2.45, 2.75) is 43.9 Å². The second-order valence-electron chi connectivity index (χ2n) is 6.85. The summed E-state index contributed by atoms with van der Waals surface area (Å²) in [6.07, 6.45) is 1.96. The van der Waals surface area contributed by atoms with Crippen LogP contribution in [-0.2, 0) is 6.42 Å². The third-order valence-corrected chi connectivity index (χ3v) is 5.89. The fraction of sp³-hybridized carbons (Fsp3) is 0.647. The van der Waals surface area contributed by atoms with Gasteiger partial charge in [0.1, 0.15) is 5.82 Å². The molecule has 118 valence electrons. The smallest absolute Gasteiger partial charge is 0.123 e. The average molecular weight is 310 g/mol. The Bertz CT molecular complexity index is 478. The Morgan fingerprint density at radius 2 is 2.14 bits per heavy atom. The predicted molar refractivity (Wildman–Crippen MR) is 90.3 cm³/mol. The quantitative estimate of drug-likeness (QED) is 0.925. The number of rotatable bonds is 4. The van der Waals surface area contributed by atoms with E-state index >= 15 is 0 Å². The Morgan fingerprint density at radius 3 is 2.81 bits per heavy atom. The molecule has 1 aromatic carbocycles. The Balaban J connectivity index is 2.12. The lowest BCUT2D eigenvalue weighted by atomic mass is 9.90. The van der Waals surface area contributed by atoms with Gasteiger partial charge >= 0.3 is 0 Å². The molecule has 1 aliphatic heterocycles. The van der Waals surface area contributed by atoms with Gasteiger partial charge in [0.2, 0.25) is 0 Å². The summed E-state index contributed by atoms with van der Waals surface area (Å²) in [7, 11) is 0. The SMILES string of the molecule is CC1(C)CCN(C(C)(CN)Cc2cccc(F)c2)CCS1. The normalized spacial score (nSPS) is 22.5. The van der Waals surface area contributed by atoms with Gasteiger partial charge in [0, 0.05) is 35.7 Å². The van der Waals surface area contributed by atoms with Crippen molar-refractivity contribution in [3.8, 4) is 0 Å². The Labute approximate surface area is 132 Å². The summed E-state index contributed by atoms with van der Waals surface area (Å²) in [6, 6.07) is 6.90. The van der Waals surface area contributed by atoms with Crippen molar-refractivity contribution in [2.24, 2.45) is 5.73 Å². The van der Waals surface area contributed by atoms with Gasteiger partial charge < -0.3 is 5.73 Å². The molecule has 1 saturated heterocycles. The molecule has 2 N–H and O–H groups in total. The number of hydrogen-bond donors (Lipinski definition) is 1. The molecule has 1 unspecified atom stereocenters. The van der Waals surface area contributed by atoms with E-state index in [1.807, 2.05) is 17.8 Å². The number of nitrogens with zero attached hydrogens (tertiary/aromatic N) is 1. The van der Waals surface area contributed by atoms with Gasteiger partial charge in [-0.15, -0.1) is 0 Å². The minimum absolute atomic E-state index is 0.102. The van der Waals surface area contributed by atoms with E-state index in [1.54, 1.807) is 12.1 Å². The molecular weight excluding hydrogens is 283 g/mol. The maximum Gasteiger partial charge on any atom is 0.123 e. The fourth-order valence-electron chi connectivity index (χ4n) is 2.96. The summed E-state index contributed by atoms with van der Waals surface area (Å²) in [4.78, 5) is 2.50. The van der Waals surface area contributed by atoms with Gasteiger partial charge in [-0.1, -0.05) is 26.0 Å². The first kappa shape index (κ1) is 16.8. The molecule has 21 heavy (non-hydrogen) atoms. The molecule has 0 spiro atoms. The number of nitrogens with two attached hydrogens (primary N) is 1. The van der Waals surface area contributed by atoms with E-state index in [0.29, 0.717) is 11.3 Å². The number of benzene rings is 1. The summed E-state index contributed by atoms with van der Waals surface area (Å²) in [6.45, 7) is 9.54. The van der Waals surface area contributed by atoms with E-state index in [2.05, 4.69) is 25.7 Å². The minimum Gasteiger partial charge on any atom is -0.329 e. The molecule has 0 amide bonds. The zero-order valence-corrected chi connectivity index (χ0v) is 14.2.